The van der Waals surface area contributed by atoms with E-state index in [2.05, 4.69) is 37.2 Å². The Morgan fingerprint density at radius 2 is 2.00 bits per heavy atom. The molecule has 0 aliphatic heterocycles. The third-order valence-electron chi connectivity index (χ3n) is 3.24. The zero-order chi connectivity index (χ0) is 15.4. The molecule has 0 fully saturated rings. The van der Waals surface area contributed by atoms with E-state index in [0.29, 0.717) is 6.54 Å². The summed E-state index contributed by atoms with van der Waals surface area (Å²) in [5.74, 6) is 0.584. The predicted molar refractivity (Wildman–Crippen MR) is 90.0 cm³/mol. The topological polar surface area (TPSA) is 21.3 Å². The fourth-order valence-corrected chi connectivity index (χ4v) is 3.61. The van der Waals surface area contributed by atoms with Crippen molar-refractivity contribution in [2.75, 3.05) is 7.11 Å². The van der Waals surface area contributed by atoms with Crippen molar-refractivity contribution in [3.8, 4) is 5.75 Å². The number of rotatable bonds is 5. The monoisotopic (exact) mass is 415 g/mol. The third-order valence-corrected chi connectivity index (χ3v) is 4.28. The minimum Gasteiger partial charge on any atom is -0.495 e. The van der Waals surface area contributed by atoms with Gasteiger partial charge in [-0.3, -0.25) is 0 Å². The van der Waals surface area contributed by atoms with Crippen LogP contribution in [0.2, 0.25) is 0 Å². The largest absolute Gasteiger partial charge is 0.495 e. The first-order valence-electron chi connectivity index (χ1n) is 6.52. The van der Waals surface area contributed by atoms with Crippen molar-refractivity contribution < 1.29 is 9.13 Å². The van der Waals surface area contributed by atoms with Crippen LogP contribution in [-0.4, -0.2) is 7.11 Å². The first-order chi connectivity index (χ1) is 10.0. The van der Waals surface area contributed by atoms with Crippen molar-refractivity contribution in [3.63, 3.8) is 0 Å². The van der Waals surface area contributed by atoms with Crippen LogP contribution >= 0.6 is 31.9 Å². The van der Waals surface area contributed by atoms with Crippen LogP contribution in [0, 0.1) is 5.82 Å². The quantitative estimate of drug-likeness (QED) is 0.722. The molecule has 0 saturated carbocycles. The molecule has 2 aromatic rings. The average Bonchev–Trinajstić information content (AvgIpc) is 2.44. The SMILES string of the molecule is COc1c(Br)cc(Br)cc1CNC(C)c1cccc(F)c1. The third kappa shape index (κ3) is 4.28. The predicted octanol–water partition coefficient (Wildman–Crippen LogP) is 5.21. The second-order valence-electron chi connectivity index (χ2n) is 4.74. The number of benzene rings is 2. The second-order valence-corrected chi connectivity index (χ2v) is 6.51. The Hall–Kier alpha value is -0.910. The van der Waals surface area contributed by atoms with Gasteiger partial charge in [0, 0.05) is 22.6 Å². The Labute approximate surface area is 141 Å². The molecule has 21 heavy (non-hydrogen) atoms. The summed E-state index contributed by atoms with van der Waals surface area (Å²) in [4.78, 5) is 0. The van der Waals surface area contributed by atoms with Crippen LogP contribution in [0.1, 0.15) is 24.1 Å². The molecule has 1 unspecified atom stereocenters. The molecular weight excluding hydrogens is 401 g/mol. The van der Waals surface area contributed by atoms with Gasteiger partial charge in [0.2, 0.25) is 0 Å². The molecule has 1 N–H and O–H groups in total. The van der Waals surface area contributed by atoms with Gasteiger partial charge in [0.25, 0.3) is 0 Å². The lowest BCUT2D eigenvalue weighted by Gasteiger charge is -2.17. The standard InChI is InChI=1S/C16H16Br2FNO/c1-10(11-4-3-5-14(19)7-11)20-9-12-6-13(17)8-15(18)16(12)21-2/h3-8,10,20H,9H2,1-2H3. The molecule has 0 saturated heterocycles. The zero-order valence-electron chi connectivity index (χ0n) is 11.8. The van der Waals surface area contributed by atoms with Crippen LogP contribution in [0.25, 0.3) is 0 Å². The molecule has 112 valence electrons. The van der Waals surface area contributed by atoms with E-state index >= 15 is 0 Å². The van der Waals surface area contributed by atoms with E-state index in [9.17, 15) is 4.39 Å². The van der Waals surface area contributed by atoms with E-state index in [-0.39, 0.29) is 11.9 Å². The maximum absolute atomic E-state index is 13.3. The normalized spacial score (nSPS) is 12.2. The Bertz CT molecular complexity index is 634. The highest BCUT2D eigenvalue weighted by atomic mass is 79.9. The fraction of sp³-hybridized carbons (Fsp3) is 0.250. The molecule has 0 radical (unpaired) electrons. The number of ether oxygens (including phenoxy) is 1. The van der Waals surface area contributed by atoms with E-state index in [4.69, 9.17) is 4.74 Å². The Kier molecular flexibility index (Phi) is 5.79. The van der Waals surface area contributed by atoms with E-state index in [1.54, 1.807) is 19.2 Å². The van der Waals surface area contributed by atoms with Crippen LogP contribution < -0.4 is 10.1 Å². The van der Waals surface area contributed by atoms with Crippen LogP contribution in [-0.2, 0) is 6.54 Å². The number of halogens is 3. The molecule has 1 atom stereocenters. The Morgan fingerprint density at radius 3 is 2.67 bits per heavy atom. The summed E-state index contributed by atoms with van der Waals surface area (Å²) in [5.41, 5.74) is 1.95. The van der Waals surface area contributed by atoms with Crippen molar-refractivity contribution in [2.24, 2.45) is 0 Å². The van der Waals surface area contributed by atoms with E-state index in [1.807, 2.05) is 25.1 Å². The van der Waals surface area contributed by atoms with Crippen molar-refractivity contribution in [2.45, 2.75) is 19.5 Å². The van der Waals surface area contributed by atoms with Gasteiger partial charge in [-0.25, -0.2) is 4.39 Å². The first kappa shape index (κ1) is 16.5. The van der Waals surface area contributed by atoms with Crippen molar-refractivity contribution in [1.29, 1.82) is 0 Å². The van der Waals surface area contributed by atoms with Gasteiger partial charge < -0.3 is 10.1 Å². The Balaban J connectivity index is 2.13. The molecule has 2 aromatic carbocycles. The van der Waals surface area contributed by atoms with Crippen molar-refractivity contribution >= 4 is 31.9 Å². The van der Waals surface area contributed by atoms with Crippen LogP contribution in [0.4, 0.5) is 4.39 Å². The lowest BCUT2D eigenvalue weighted by molar-refractivity contribution is 0.403. The molecule has 2 nitrogen and oxygen atoms in total. The second kappa shape index (κ2) is 7.38. The molecule has 5 heteroatoms. The molecule has 2 rings (SSSR count). The number of hydrogen-bond acceptors (Lipinski definition) is 2. The lowest BCUT2D eigenvalue weighted by atomic mass is 10.1. The van der Waals surface area contributed by atoms with Crippen LogP contribution in [0.3, 0.4) is 0 Å². The maximum atomic E-state index is 13.3. The lowest BCUT2D eigenvalue weighted by Crippen LogP contribution is -2.18. The van der Waals surface area contributed by atoms with Gasteiger partial charge in [0.15, 0.2) is 0 Å². The van der Waals surface area contributed by atoms with E-state index in [1.165, 1.54) is 6.07 Å². The van der Waals surface area contributed by atoms with Gasteiger partial charge in [-0.1, -0.05) is 28.1 Å². The number of nitrogens with one attached hydrogen (secondary N) is 1. The van der Waals surface area contributed by atoms with Gasteiger partial charge in [-0.2, -0.15) is 0 Å². The summed E-state index contributed by atoms with van der Waals surface area (Å²) in [6, 6.07) is 10.6. The molecule has 0 aliphatic carbocycles. The minimum absolute atomic E-state index is 0.0446. The van der Waals surface area contributed by atoms with E-state index in [0.717, 1.165) is 25.8 Å². The zero-order valence-corrected chi connectivity index (χ0v) is 15.0. The molecule has 0 amide bonds. The summed E-state index contributed by atoms with van der Waals surface area (Å²) in [5, 5.41) is 3.38. The number of hydrogen-bond donors (Lipinski definition) is 1. The highest BCUT2D eigenvalue weighted by Gasteiger charge is 2.11. The van der Waals surface area contributed by atoms with Gasteiger partial charge in [-0.15, -0.1) is 0 Å². The molecule has 0 spiro atoms. The van der Waals surface area contributed by atoms with Crippen molar-refractivity contribution in [3.05, 3.63) is 62.3 Å². The summed E-state index contributed by atoms with van der Waals surface area (Å²) in [6.07, 6.45) is 0. The molecular formula is C16H16Br2FNO. The van der Waals surface area contributed by atoms with Crippen LogP contribution in [0.5, 0.6) is 5.75 Å². The molecule has 0 aromatic heterocycles. The summed E-state index contributed by atoms with van der Waals surface area (Å²) >= 11 is 6.96. The summed E-state index contributed by atoms with van der Waals surface area (Å²) in [6.45, 7) is 2.63. The fourth-order valence-electron chi connectivity index (χ4n) is 2.13. The van der Waals surface area contributed by atoms with Crippen LogP contribution in [0.15, 0.2) is 45.3 Å². The summed E-state index contributed by atoms with van der Waals surface area (Å²) in [7, 11) is 1.65. The molecule has 0 bridgehead atoms. The van der Waals surface area contributed by atoms with Gasteiger partial charge in [0.1, 0.15) is 11.6 Å². The highest BCUT2D eigenvalue weighted by Crippen LogP contribution is 2.33. The minimum atomic E-state index is -0.219. The van der Waals surface area contributed by atoms with Crippen molar-refractivity contribution in [1.82, 2.24) is 5.32 Å². The summed E-state index contributed by atoms with van der Waals surface area (Å²) < 4.78 is 20.6. The average molecular weight is 417 g/mol. The number of methoxy groups -OCH3 is 1. The van der Waals surface area contributed by atoms with Gasteiger partial charge in [-0.05, 0) is 52.7 Å². The smallest absolute Gasteiger partial charge is 0.137 e. The Morgan fingerprint density at radius 1 is 1.24 bits per heavy atom. The highest BCUT2D eigenvalue weighted by molar-refractivity contribution is 9.11. The van der Waals surface area contributed by atoms with Gasteiger partial charge >= 0.3 is 0 Å². The molecule has 0 heterocycles. The maximum Gasteiger partial charge on any atom is 0.137 e. The van der Waals surface area contributed by atoms with Gasteiger partial charge in [0.05, 0.1) is 11.6 Å². The molecule has 0 aliphatic rings. The first-order valence-corrected chi connectivity index (χ1v) is 8.10. The van der Waals surface area contributed by atoms with E-state index < -0.39 is 0 Å².